The maximum atomic E-state index is 11.3. The van der Waals surface area contributed by atoms with E-state index < -0.39 is 5.60 Å². The third-order valence-electron chi connectivity index (χ3n) is 2.14. The Morgan fingerprint density at radius 1 is 1.33 bits per heavy atom. The van der Waals surface area contributed by atoms with Crippen LogP contribution in [0.2, 0.25) is 0 Å². The van der Waals surface area contributed by atoms with Crippen LogP contribution in [0.3, 0.4) is 0 Å². The van der Waals surface area contributed by atoms with E-state index in [1.165, 1.54) is 6.08 Å². The molecule has 0 bridgehead atoms. The summed E-state index contributed by atoms with van der Waals surface area (Å²) in [5, 5.41) is 0. The molecular formula is C9H8O3. The molecule has 1 aliphatic heterocycles. The van der Waals surface area contributed by atoms with E-state index in [-0.39, 0.29) is 11.8 Å². The summed E-state index contributed by atoms with van der Waals surface area (Å²) in [6, 6.07) is 0. The lowest BCUT2D eigenvalue weighted by Gasteiger charge is -2.21. The molecule has 2 aliphatic rings. The van der Waals surface area contributed by atoms with E-state index >= 15 is 0 Å². The van der Waals surface area contributed by atoms with Gasteiger partial charge in [0.2, 0.25) is 5.78 Å². The zero-order chi connectivity index (χ0) is 8.60. The number of ether oxygens (including phenoxy) is 1. The molecule has 0 N–H and O–H groups in total. The Kier molecular flexibility index (Phi) is 1.40. The number of rotatable bonds is 0. The van der Waals surface area contributed by atoms with Crippen molar-refractivity contribution in [1.29, 1.82) is 0 Å². The molecule has 3 nitrogen and oxygen atoms in total. The number of carbonyl (C=O) groups excluding carboxylic acids is 2. The minimum atomic E-state index is -0.953. The molecule has 1 aliphatic carbocycles. The largest absolute Gasteiger partial charge is 0.446 e. The first-order valence-electron chi connectivity index (χ1n) is 3.85. The highest BCUT2D eigenvalue weighted by Crippen LogP contribution is 2.31. The highest BCUT2D eigenvalue weighted by atomic mass is 16.6. The maximum absolute atomic E-state index is 11.3. The van der Waals surface area contributed by atoms with Crippen LogP contribution >= 0.6 is 0 Å². The number of hydrogen-bond acceptors (Lipinski definition) is 3. The summed E-state index contributed by atoms with van der Waals surface area (Å²) in [7, 11) is 0. The van der Waals surface area contributed by atoms with Crippen LogP contribution in [0.25, 0.3) is 0 Å². The quantitative estimate of drug-likeness (QED) is 0.496. The van der Waals surface area contributed by atoms with Gasteiger partial charge >= 0.3 is 5.97 Å². The van der Waals surface area contributed by atoms with Gasteiger partial charge in [-0.15, -0.1) is 0 Å². The molecule has 0 radical (unpaired) electrons. The van der Waals surface area contributed by atoms with Crippen molar-refractivity contribution in [2.24, 2.45) is 0 Å². The zero-order valence-corrected chi connectivity index (χ0v) is 6.45. The summed E-state index contributed by atoms with van der Waals surface area (Å²) in [4.78, 5) is 22.2. The van der Waals surface area contributed by atoms with Gasteiger partial charge < -0.3 is 4.74 Å². The van der Waals surface area contributed by atoms with E-state index in [1.807, 2.05) is 0 Å². The van der Waals surface area contributed by atoms with Gasteiger partial charge in [0.05, 0.1) is 6.42 Å². The summed E-state index contributed by atoms with van der Waals surface area (Å²) in [6.07, 6.45) is 7.30. The first kappa shape index (κ1) is 7.28. The first-order valence-corrected chi connectivity index (χ1v) is 3.85. The molecule has 1 unspecified atom stereocenters. The fourth-order valence-electron chi connectivity index (χ4n) is 1.46. The van der Waals surface area contributed by atoms with Crippen molar-refractivity contribution in [3.63, 3.8) is 0 Å². The smallest absolute Gasteiger partial charge is 0.307 e. The standard InChI is InChI=1S/C9H8O3/c10-7-3-1-2-5-9(7)6-4-8(11)12-9/h1-3,5H,4,6H2. The predicted molar refractivity (Wildman–Crippen MR) is 41.3 cm³/mol. The molecule has 3 heteroatoms. The van der Waals surface area contributed by atoms with Gasteiger partial charge in [0.15, 0.2) is 5.60 Å². The summed E-state index contributed by atoms with van der Waals surface area (Å²) in [5.41, 5.74) is -0.953. The Labute approximate surface area is 69.7 Å². The molecule has 1 spiro atoms. The molecule has 62 valence electrons. The number of ketones is 1. The highest BCUT2D eigenvalue weighted by Gasteiger charge is 2.44. The highest BCUT2D eigenvalue weighted by molar-refractivity contribution is 6.02. The zero-order valence-electron chi connectivity index (χ0n) is 6.45. The third-order valence-corrected chi connectivity index (χ3v) is 2.14. The van der Waals surface area contributed by atoms with Crippen LogP contribution in [0.4, 0.5) is 0 Å². The lowest BCUT2D eigenvalue weighted by atomic mass is 9.91. The van der Waals surface area contributed by atoms with Crippen molar-refractivity contribution in [2.75, 3.05) is 0 Å². The van der Waals surface area contributed by atoms with Gasteiger partial charge in [-0.25, -0.2) is 0 Å². The summed E-state index contributed by atoms with van der Waals surface area (Å²) >= 11 is 0. The van der Waals surface area contributed by atoms with Crippen LogP contribution in [0.1, 0.15) is 12.8 Å². The van der Waals surface area contributed by atoms with E-state index in [9.17, 15) is 9.59 Å². The SMILES string of the molecule is O=C1CCC2(C=CC=CC2=O)O1. The normalized spacial score (nSPS) is 33.0. The van der Waals surface area contributed by atoms with Crippen LogP contribution in [-0.2, 0) is 14.3 Å². The topological polar surface area (TPSA) is 43.4 Å². The molecule has 0 aromatic carbocycles. The van der Waals surface area contributed by atoms with Gasteiger partial charge in [0.1, 0.15) is 0 Å². The molecule has 1 atom stereocenters. The fourth-order valence-corrected chi connectivity index (χ4v) is 1.46. The van der Waals surface area contributed by atoms with Gasteiger partial charge in [-0.2, -0.15) is 0 Å². The average molecular weight is 164 g/mol. The number of allylic oxidation sites excluding steroid dienone is 2. The van der Waals surface area contributed by atoms with Crippen LogP contribution in [0, 0.1) is 0 Å². The first-order chi connectivity index (χ1) is 5.73. The van der Waals surface area contributed by atoms with E-state index in [0.717, 1.165) is 0 Å². The number of hydrogen-bond donors (Lipinski definition) is 0. The molecule has 0 amide bonds. The minimum Gasteiger partial charge on any atom is -0.446 e. The van der Waals surface area contributed by atoms with Crippen LogP contribution in [0.5, 0.6) is 0 Å². The lowest BCUT2D eigenvalue weighted by Crippen LogP contribution is -2.36. The summed E-state index contributed by atoms with van der Waals surface area (Å²) in [5.74, 6) is -0.417. The third kappa shape index (κ3) is 0.897. The van der Waals surface area contributed by atoms with Gasteiger partial charge in [0.25, 0.3) is 0 Å². The van der Waals surface area contributed by atoms with Crippen molar-refractivity contribution in [1.82, 2.24) is 0 Å². The van der Waals surface area contributed by atoms with Crippen molar-refractivity contribution >= 4 is 11.8 Å². The van der Waals surface area contributed by atoms with Crippen molar-refractivity contribution in [2.45, 2.75) is 18.4 Å². The predicted octanol–water partition coefficient (Wildman–Crippen LogP) is 0.757. The maximum Gasteiger partial charge on any atom is 0.307 e. The van der Waals surface area contributed by atoms with Crippen LogP contribution in [-0.4, -0.2) is 17.4 Å². The molecule has 0 aromatic rings. The average Bonchev–Trinajstić information content (AvgIpc) is 2.41. The molecule has 0 aromatic heterocycles. The number of esters is 1. The molecule has 12 heavy (non-hydrogen) atoms. The van der Waals surface area contributed by atoms with Gasteiger partial charge in [-0.1, -0.05) is 12.2 Å². The Hall–Kier alpha value is -1.38. The van der Waals surface area contributed by atoms with E-state index in [2.05, 4.69) is 0 Å². The molecule has 0 saturated carbocycles. The molecule has 1 heterocycles. The second kappa shape index (κ2) is 2.30. The van der Waals surface area contributed by atoms with Crippen molar-refractivity contribution in [3.05, 3.63) is 24.3 Å². The van der Waals surface area contributed by atoms with Gasteiger partial charge in [0, 0.05) is 6.42 Å². The van der Waals surface area contributed by atoms with Crippen LogP contribution in [0.15, 0.2) is 24.3 Å². The Morgan fingerprint density at radius 3 is 2.75 bits per heavy atom. The van der Waals surface area contributed by atoms with Crippen LogP contribution < -0.4 is 0 Å². The van der Waals surface area contributed by atoms with E-state index in [0.29, 0.717) is 12.8 Å². The van der Waals surface area contributed by atoms with Crippen molar-refractivity contribution in [3.8, 4) is 0 Å². The second-order valence-corrected chi connectivity index (χ2v) is 2.95. The Balaban J connectivity index is 2.32. The molecule has 1 saturated heterocycles. The fraction of sp³-hybridized carbons (Fsp3) is 0.333. The monoisotopic (exact) mass is 164 g/mol. The molecule has 2 rings (SSSR count). The Morgan fingerprint density at radius 2 is 2.17 bits per heavy atom. The van der Waals surface area contributed by atoms with E-state index in [4.69, 9.17) is 4.74 Å². The van der Waals surface area contributed by atoms with Crippen molar-refractivity contribution < 1.29 is 14.3 Å². The lowest BCUT2D eigenvalue weighted by molar-refractivity contribution is -0.151. The molecule has 1 fully saturated rings. The van der Waals surface area contributed by atoms with E-state index in [1.54, 1.807) is 18.2 Å². The van der Waals surface area contributed by atoms with Gasteiger partial charge in [-0.3, -0.25) is 9.59 Å². The summed E-state index contributed by atoms with van der Waals surface area (Å²) in [6.45, 7) is 0. The Bertz CT molecular complexity index is 301. The second-order valence-electron chi connectivity index (χ2n) is 2.95. The summed E-state index contributed by atoms with van der Waals surface area (Å²) < 4.78 is 4.98. The van der Waals surface area contributed by atoms with Gasteiger partial charge in [-0.05, 0) is 12.2 Å². The molecular weight excluding hydrogens is 156 g/mol. The minimum absolute atomic E-state index is 0.129. The number of carbonyl (C=O) groups is 2.